The summed E-state index contributed by atoms with van der Waals surface area (Å²) in [6.45, 7) is 10.0. The Bertz CT molecular complexity index is 1100. The number of likely N-dealkylation sites (N-methyl/N-ethyl adjacent to an activating group) is 1. The number of carbonyl (C=O) groups excluding carboxylic acids is 1. The topological polar surface area (TPSA) is 78.9 Å². The van der Waals surface area contributed by atoms with Gasteiger partial charge in [-0.25, -0.2) is 8.42 Å². The number of carbonyl (C=O) groups is 1. The maximum absolute atomic E-state index is 13.2. The summed E-state index contributed by atoms with van der Waals surface area (Å²) >= 11 is 0. The van der Waals surface area contributed by atoms with Crippen LogP contribution < -0.4 is 10.1 Å². The summed E-state index contributed by atoms with van der Waals surface area (Å²) < 4.78 is 33.5. The fraction of sp³-hybridized carbons (Fsp3) is 0.458. The Morgan fingerprint density at radius 1 is 1.03 bits per heavy atom. The van der Waals surface area contributed by atoms with Crippen molar-refractivity contribution in [1.82, 2.24) is 9.21 Å². The van der Waals surface area contributed by atoms with Gasteiger partial charge in [0, 0.05) is 37.4 Å². The van der Waals surface area contributed by atoms with Gasteiger partial charge in [0.05, 0.1) is 12.0 Å². The Morgan fingerprint density at radius 2 is 1.69 bits per heavy atom. The molecule has 1 amide bonds. The lowest BCUT2D eigenvalue weighted by Crippen LogP contribution is -2.47. The minimum atomic E-state index is -3.64. The first-order chi connectivity index (χ1) is 15.0. The molecule has 1 aliphatic heterocycles. The summed E-state index contributed by atoms with van der Waals surface area (Å²) in [7, 11) is -0.0319. The largest absolute Gasteiger partial charge is 0.496 e. The van der Waals surface area contributed by atoms with E-state index >= 15 is 0 Å². The van der Waals surface area contributed by atoms with Gasteiger partial charge >= 0.3 is 0 Å². The van der Waals surface area contributed by atoms with E-state index in [-0.39, 0.29) is 16.7 Å². The fourth-order valence-corrected chi connectivity index (χ4v) is 5.57. The number of nitrogens with one attached hydrogen (secondary N) is 1. The number of amides is 1. The molecular formula is C24H33N3O4S. The van der Waals surface area contributed by atoms with Crippen LogP contribution in [0, 0.1) is 13.8 Å². The molecule has 32 heavy (non-hydrogen) atoms. The summed E-state index contributed by atoms with van der Waals surface area (Å²) in [5.41, 5.74) is 3.39. The van der Waals surface area contributed by atoms with E-state index in [0.29, 0.717) is 43.0 Å². The number of nitrogens with zero attached hydrogens (tertiary/aromatic N) is 2. The second-order valence-corrected chi connectivity index (χ2v) is 10.6. The van der Waals surface area contributed by atoms with Gasteiger partial charge in [0.1, 0.15) is 5.75 Å². The number of hydrogen-bond donors (Lipinski definition) is 1. The zero-order valence-electron chi connectivity index (χ0n) is 19.7. The molecule has 8 heteroatoms. The highest BCUT2D eigenvalue weighted by Gasteiger charge is 2.29. The molecule has 1 N–H and O–H groups in total. The predicted molar refractivity (Wildman–Crippen MR) is 127 cm³/mol. The molecule has 0 aromatic heterocycles. The van der Waals surface area contributed by atoms with Gasteiger partial charge in [-0.3, -0.25) is 4.79 Å². The highest BCUT2D eigenvalue weighted by molar-refractivity contribution is 7.89. The number of methoxy groups -OCH3 is 1. The quantitative estimate of drug-likeness (QED) is 0.714. The van der Waals surface area contributed by atoms with Gasteiger partial charge in [-0.2, -0.15) is 4.31 Å². The second-order valence-electron chi connectivity index (χ2n) is 8.71. The number of aryl methyl sites for hydroxylation is 2. The van der Waals surface area contributed by atoms with Crippen molar-refractivity contribution in [1.29, 1.82) is 0 Å². The van der Waals surface area contributed by atoms with Crippen molar-refractivity contribution in [2.75, 3.05) is 45.7 Å². The van der Waals surface area contributed by atoms with Crippen LogP contribution in [0.1, 0.15) is 46.8 Å². The average Bonchev–Trinajstić information content (AvgIpc) is 2.74. The third-order valence-corrected chi connectivity index (χ3v) is 8.01. The lowest BCUT2D eigenvalue weighted by molar-refractivity contribution is 0.102. The zero-order chi connectivity index (χ0) is 23.6. The molecule has 7 nitrogen and oxygen atoms in total. The molecule has 0 spiro atoms. The molecule has 0 unspecified atom stereocenters. The van der Waals surface area contributed by atoms with E-state index in [4.69, 9.17) is 4.74 Å². The van der Waals surface area contributed by atoms with E-state index < -0.39 is 10.0 Å². The Kier molecular flexibility index (Phi) is 7.27. The molecule has 1 fully saturated rings. The van der Waals surface area contributed by atoms with Gasteiger partial charge < -0.3 is 15.0 Å². The first kappa shape index (κ1) is 24.2. The third-order valence-electron chi connectivity index (χ3n) is 5.97. The van der Waals surface area contributed by atoms with Crippen LogP contribution in [-0.2, 0) is 10.0 Å². The molecule has 0 atom stereocenters. The second kappa shape index (κ2) is 9.60. The number of rotatable bonds is 6. The van der Waals surface area contributed by atoms with E-state index in [1.54, 1.807) is 32.2 Å². The van der Waals surface area contributed by atoms with Crippen LogP contribution in [0.25, 0.3) is 0 Å². The summed E-state index contributed by atoms with van der Waals surface area (Å²) in [5, 5.41) is 2.88. The normalized spacial score (nSPS) is 15.7. The summed E-state index contributed by atoms with van der Waals surface area (Å²) in [6.07, 6.45) is 0. The van der Waals surface area contributed by atoms with Crippen LogP contribution in [0.3, 0.4) is 0 Å². The van der Waals surface area contributed by atoms with Gasteiger partial charge in [0.2, 0.25) is 10.0 Å². The number of hydrogen-bond acceptors (Lipinski definition) is 5. The number of anilines is 1. The average molecular weight is 460 g/mol. The first-order valence-corrected chi connectivity index (χ1v) is 12.3. The van der Waals surface area contributed by atoms with Crippen molar-refractivity contribution in [3.05, 3.63) is 52.6 Å². The van der Waals surface area contributed by atoms with Crippen LogP contribution >= 0.6 is 0 Å². The molecule has 0 bridgehead atoms. The minimum Gasteiger partial charge on any atom is -0.496 e. The Balaban J connectivity index is 1.89. The molecule has 1 saturated heterocycles. The molecule has 0 saturated carbocycles. The van der Waals surface area contributed by atoms with Crippen LogP contribution in [0.15, 0.2) is 35.2 Å². The molecule has 1 heterocycles. The highest BCUT2D eigenvalue weighted by atomic mass is 32.2. The van der Waals surface area contributed by atoms with Crippen molar-refractivity contribution in [2.45, 2.75) is 38.5 Å². The number of piperazine rings is 1. The molecule has 1 aliphatic rings. The van der Waals surface area contributed by atoms with Crippen LogP contribution in [0.2, 0.25) is 0 Å². The first-order valence-electron chi connectivity index (χ1n) is 10.8. The Hall–Kier alpha value is -2.42. The minimum absolute atomic E-state index is 0.191. The van der Waals surface area contributed by atoms with E-state index in [2.05, 4.69) is 10.2 Å². The van der Waals surface area contributed by atoms with Gasteiger partial charge in [-0.1, -0.05) is 19.9 Å². The summed E-state index contributed by atoms with van der Waals surface area (Å²) in [5.74, 6) is 0.667. The molecule has 2 aromatic rings. The van der Waals surface area contributed by atoms with Gasteiger partial charge in [-0.05, 0) is 67.8 Å². The Morgan fingerprint density at radius 3 is 2.28 bits per heavy atom. The van der Waals surface area contributed by atoms with Crippen molar-refractivity contribution in [3.8, 4) is 5.75 Å². The SMILES string of the molecule is COc1cc(C)c(C(=O)Nc2ccc(C)c(S(=O)(=O)N3CCN(C)CC3)c2)cc1C(C)C. The van der Waals surface area contributed by atoms with Gasteiger partial charge in [0.15, 0.2) is 0 Å². The molecule has 2 aromatic carbocycles. The van der Waals surface area contributed by atoms with Gasteiger partial charge in [0.25, 0.3) is 5.91 Å². The molecule has 0 aliphatic carbocycles. The number of sulfonamides is 1. The standard InChI is InChI=1S/C24H33N3O4S/c1-16(2)20-15-21(18(4)13-22(20)31-6)24(28)25-19-8-7-17(3)23(14-19)32(29,30)27-11-9-26(5)10-12-27/h7-8,13-16H,9-12H2,1-6H3,(H,25,28). The van der Waals surface area contributed by atoms with E-state index in [1.807, 2.05) is 40.0 Å². The van der Waals surface area contributed by atoms with Gasteiger partial charge in [-0.15, -0.1) is 0 Å². The number of benzene rings is 2. The summed E-state index contributed by atoms with van der Waals surface area (Å²) in [4.78, 5) is 15.4. The van der Waals surface area contributed by atoms with E-state index in [0.717, 1.165) is 16.9 Å². The predicted octanol–water partition coefficient (Wildman–Crippen LogP) is 3.62. The monoisotopic (exact) mass is 459 g/mol. The summed E-state index contributed by atoms with van der Waals surface area (Å²) in [6, 6.07) is 8.74. The van der Waals surface area contributed by atoms with Crippen molar-refractivity contribution < 1.29 is 17.9 Å². The number of ether oxygens (including phenoxy) is 1. The molecule has 0 radical (unpaired) electrons. The third kappa shape index (κ3) is 4.98. The lowest BCUT2D eigenvalue weighted by atomic mass is 9.96. The maximum atomic E-state index is 13.2. The molecule has 174 valence electrons. The fourth-order valence-electron chi connectivity index (χ4n) is 3.89. The highest BCUT2D eigenvalue weighted by Crippen LogP contribution is 2.30. The van der Waals surface area contributed by atoms with Crippen LogP contribution in [0.4, 0.5) is 5.69 Å². The van der Waals surface area contributed by atoms with Crippen molar-refractivity contribution in [3.63, 3.8) is 0 Å². The molecule has 3 rings (SSSR count). The zero-order valence-corrected chi connectivity index (χ0v) is 20.5. The maximum Gasteiger partial charge on any atom is 0.255 e. The van der Waals surface area contributed by atoms with Crippen LogP contribution in [0.5, 0.6) is 5.75 Å². The lowest BCUT2D eigenvalue weighted by Gasteiger charge is -2.32. The Labute approximate surface area is 191 Å². The van der Waals surface area contributed by atoms with E-state index in [1.165, 1.54) is 4.31 Å². The van der Waals surface area contributed by atoms with Crippen molar-refractivity contribution >= 4 is 21.6 Å². The smallest absolute Gasteiger partial charge is 0.255 e. The molecular weight excluding hydrogens is 426 g/mol. The van der Waals surface area contributed by atoms with Crippen LogP contribution in [-0.4, -0.2) is 63.9 Å². The van der Waals surface area contributed by atoms with E-state index in [9.17, 15) is 13.2 Å². The van der Waals surface area contributed by atoms with Crippen molar-refractivity contribution in [2.24, 2.45) is 0 Å².